The van der Waals surface area contributed by atoms with Gasteiger partial charge in [-0.3, -0.25) is 0 Å². The molecular formula is C17H29IO2. The van der Waals surface area contributed by atoms with Crippen molar-refractivity contribution in [2.75, 3.05) is 13.2 Å². The van der Waals surface area contributed by atoms with Crippen molar-refractivity contribution in [3.05, 3.63) is 29.8 Å². The summed E-state index contributed by atoms with van der Waals surface area (Å²) in [6.07, 6.45) is 10.3. The molecule has 0 aliphatic carbocycles. The second kappa shape index (κ2) is 13.7. The Balaban J connectivity index is 0.000000794. The molecule has 0 aromatic heterocycles. The molecule has 116 valence electrons. The molecule has 1 aliphatic heterocycles. The number of aromatic hydroxyl groups is 1. The van der Waals surface area contributed by atoms with Crippen molar-refractivity contribution in [2.24, 2.45) is 0 Å². The van der Waals surface area contributed by atoms with Crippen molar-refractivity contribution in [1.82, 2.24) is 0 Å². The molecule has 1 heterocycles. The number of benzene rings is 1. The van der Waals surface area contributed by atoms with Gasteiger partial charge in [0.05, 0.1) is 13.2 Å². The van der Waals surface area contributed by atoms with Gasteiger partial charge in [-0.15, -0.1) is 24.0 Å². The van der Waals surface area contributed by atoms with Gasteiger partial charge in [0.1, 0.15) is 5.75 Å². The number of ether oxygens (including phenoxy) is 1. The molecule has 3 heteroatoms. The summed E-state index contributed by atoms with van der Waals surface area (Å²) in [5, 5.41) is 9.58. The van der Waals surface area contributed by atoms with Crippen LogP contribution >= 0.6 is 24.0 Å². The molecule has 1 fully saturated rings. The quantitative estimate of drug-likeness (QED) is 0.369. The molecule has 2 nitrogen and oxygen atoms in total. The Bertz CT molecular complexity index is 324. The average Bonchev–Trinajstić information content (AvgIpc) is 3.28. The van der Waals surface area contributed by atoms with E-state index in [0.29, 0.717) is 5.75 Å². The maximum atomic E-state index is 9.58. The third-order valence-corrected chi connectivity index (χ3v) is 3.25. The van der Waals surface area contributed by atoms with Gasteiger partial charge >= 0.3 is 0 Å². The molecular weight excluding hydrogens is 363 g/mol. The van der Waals surface area contributed by atoms with E-state index in [2.05, 4.69) is 11.7 Å². The molecule has 1 aromatic carbocycles. The lowest BCUT2D eigenvalue weighted by Gasteiger charge is -2.04. The number of epoxide rings is 1. The van der Waals surface area contributed by atoms with E-state index in [-0.39, 0.29) is 24.0 Å². The molecule has 0 amide bonds. The Kier molecular flexibility index (Phi) is 13.5. The average molecular weight is 392 g/mol. The van der Waals surface area contributed by atoms with Crippen molar-refractivity contribution >= 4 is 24.0 Å². The second-order valence-corrected chi connectivity index (χ2v) is 5.11. The second-order valence-electron chi connectivity index (χ2n) is 5.11. The van der Waals surface area contributed by atoms with Gasteiger partial charge in [-0.1, -0.05) is 63.6 Å². The summed E-state index contributed by atoms with van der Waals surface area (Å²) < 4.78 is 4.50. The zero-order valence-electron chi connectivity index (χ0n) is 12.6. The zero-order chi connectivity index (χ0) is 13.8. The topological polar surface area (TPSA) is 32.8 Å². The van der Waals surface area contributed by atoms with Gasteiger partial charge in [-0.25, -0.2) is 0 Å². The summed E-state index contributed by atoms with van der Waals surface area (Å²) >= 11 is 0. The number of para-hydroxylation sites is 1. The van der Waals surface area contributed by atoms with Gasteiger partial charge in [-0.05, 0) is 24.5 Å². The number of phenolic OH excluding ortho intramolecular Hbond substituents is 1. The largest absolute Gasteiger partial charge is 0.508 e. The summed E-state index contributed by atoms with van der Waals surface area (Å²) in [7, 11) is 0. The molecule has 1 N–H and O–H groups in total. The van der Waals surface area contributed by atoms with Gasteiger partial charge in [0.15, 0.2) is 0 Å². The van der Waals surface area contributed by atoms with Crippen molar-refractivity contribution in [3.63, 3.8) is 0 Å². The summed E-state index contributed by atoms with van der Waals surface area (Å²) in [5.41, 5.74) is 1.09. The molecule has 0 spiro atoms. The van der Waals surface area contributed by atoms with Crippen molar-refractivity contribution in [1.29, 1.82) is 0 Å². The summed E-state index contributed by atoms with van der Waals surface area (Å²) in [6, 6.07) is 7.67. The van der Waals surface area contributed by atoms with E-state index in [1.807, 2.05) is 18.2 Å². The lowest BCUT2D eigenvalue weighted by atomic mass is 10.0. The van der Waals surface area contributed by atoms with Crippen LogP contribution in [0.4, 0.5) is 0 Å². The number of unbranched alkanes of at least 4 members (excludes halogenated alkanes) is 6. The van der Waals surface area contributed by atoms with Crippen LogP contribution in [0.15, 0.2) is 24.3 Å². The predicted molar refractivity (Wildman–Crippen MR) is 96.0 cm³/mol. The molecule has 1 aliphatic rings. The SMILES string of the molecule is C1CO1.CCCCCCCCCc1ccccc1O.I. The van der Waals surface area contributed by atoms with E-state index in [1.54, 1.807) is 6.07 Å². The fourth-order valence-electron chi connectivity index (χ4n) is 1.99. The minimum Gasteiger partial charge on any atom is -0.508 e. The highest BCUT2D eigenvalue weighted by molar-refractivity contribution is 14.0. The van der Waals surface area contributed by atoms with Crippen LogP contribution in [0, 0.1) is 0 Å². The highest BCUT2D eigenvalue weighted by Crippen LogP contribution is 2.18. The Morgan fingerprint density at radius 1 is 0.950 bits per heavy atom. The van der Waals surface area contributed by atoms with E-state index in [1.165, 1.54) is 44.9 Å². The third kappa shape index (κ3) is 11.5. The van der Waals surface area contributed by atoms with Crippen molar-refractivity contribution in [2.45, 2.75) is 58.3 Å². The lowest BCUT2D eigenvalue weighted by molar-refractivity contribution is 0.466. The summed E-state index contributed by atoms with van der Waals surface area (Å²) in [4.78, 5) is 0. The first-order valence-corrected chi connectivity index (χ1v) is 7.69. The van der Waals surface area contributed by atoms with E-state index < -0.39 is 0 Å². The molecule has 0 atom stereocenters. The fraction of sp³-hybridized carbons (Fsp3) is 0.647. The van der Waals surface area contributed by atoms with E-state index >= 15 is 0 Å². The zero-order valence-corrected chi connectivity index (χ0v) is 15.0. The monoisotopic (exact) mass is 392 g/mol. The number of rotatable bonds is 8. The third-order valence-electron chi connectivity index (χ3n) is 3.25. The number of hydrogen-bond donors (Lipinski definition) is 1. The van der Waals surface area contributed by atoms with Crippen LogP contribution < -0.4 is 0 Å². The maximum absolute atomic E-state index is 9.58. The molecule has 0 unspecified atom stereocenters. The highest BCUT2D eigenvalue weighted by Gasteiger charge is 1.98. The Hall–Kier alpha value is -0.290. The molecule has 1 aromatic rings. The van der Waals surface area contributed by atoms with Gasteiger partial charge in [0.2, 0.25) is 0 Å². The minimum absolute atomic E-state index is 0. The highest BCUT2D eigenvalue weighted by atomic mass is 127. The van der Waals surface area contributed by atoms with Crippen LogP contribution in [0.5, 0.6) is 5.75 Å². The maximum Gasteiger partial charge on any atom is 0.118 e. The Morgan fingerprint density at radius 3 is 2.05 bits per heavy atom. The van der Waals surface area contributed by atoms with Crippen LogP contribution in [0.25, 0.3) is 0 Å². The van der Waals surface area contributed by atoms with Crippen LogP contribution in [0.2, 0.25) is 0 Å². The van der Waals surface area contributed by atoms with E-state index in [0.717, 1.165) is 25.2 Å². The number of halogens is 1. The van der Waals surface area contributed by atoms with Gasteiger partial charge in [0, 0.05) is 0 Å². The van der Waals surface area contributed by atoms with Crippen molar-refractivity contribution < 1.29 is 9.84 Å². The first-order valence-electron chi connectivity index (χ1n) is 7.69. The lowest BCUT2D eigenvalue weighted by Crippen LogP contribution is -1.87. The fourth-order valence-corrected chi connectivity index (χ4v) is 1.99. The Morgan fingerprint density at radius 2 is 1.50 bits per heavy atom. The molecule has 0 saturated carbocycles. The van der Waals surface area contributed by atoms with E-state index in [4.69, 9.17) is 0 Å². The van der Waals surface area contributed by atoms with Crippen LogP contribution in [-0.2, 0) is 11.2 Å². The first kappa shape index (κ1) is 19.7. The van der Waals surface area contributed by atoms with Crippen molar-refractivity contribution in [3.8, 4) is 5.75 Å². The molecule has 2 rings (SSSR count). The number of aryl methyl sites for hydroxylation is 1. The predicted octanol–water partition coefficient (Wildman–Crippen LogP) is 5.32. The normalized spacial score (nSPS) is 12.1. The van der Waals surface area contributed by atoms with E-state index in [9.17, 15) is 5.11 Å². The standard InChI is InChI=1S/C15H24O.C2H4O.HI/c1-2-3-4-5-6-7-8-11-14-12-9-10-13-15(14)16;1-2-3-1;/h9-10,12-13,16H,2-8,11H2,1H3;1-2H2;1H. The van der Waals surface area contributed by atoms with Gasteiger partial charge in [-0.2, -0.15) is 0 Å². The molecule has 0 bridgehead atoms. The molecule has 1 saturated heterocycles. The molecule has 0 radical (unpaired) electrons. The number of phenols is 1. The van der Waals surface area contributed by atoms with Crippen LogP contribution in [0.3, 0.4) is 0 Å². The van der Waals surface area contributed by atoms with Gasteiger partial charge in [0.25, 0.3) is 0 Å². The molecule has 20 heavy (non-hydrogen) atoms. The summed E-state index contributed by atoms with van der Waals surface area (Å²) in [5.74, 6) is 0.452. The number of hydrogen-bond acceptors (Lipinski definition) is 2. The van der Waals surface area contributed by atoms with Crippen LogP contribution in [0.1, 0.15) is 57.4 Å². The Labute approximate surface area is 140 Å². The van der Waals surface area contributed by atoms with Gasteiger partial charge < -0.3 is 9.84 Å². The minimum atomic E-state index is 0. The smallest absolute Gasteiger partial charge is 0.118 e. The summed E-state index contributed by atoms with van der Waals surface area (Å²) in [6.45, 7) is 4.25. The first-order chi connectivity index (χ1) is 9.34. The van der Waals surface area contributed by atoms with Crippen LogP contribution in [-0.4, -0.2) is 18.3 Å².